The van der Waals surface area contributed by atoms with Gasteiger partial charge >= 0.3 is 5.97 Å². The quantitative estimate of drug-likeness (QED) is 0.776. The number of hydrogen-bond acceptors (Lipinski definition) is 4. The van der Waals surface area contributed by atoms with Crippen LogP contribution in [0.3, 0.4) is 0 Å². The van der Waals surface area contributed by atoms with E-state index in [2.05, 4.69) is 4.72 Å². The summed E-state index contributed by atoms with van der Waals surface area (Å²) in [6.07, 6.45) is 1.72. The molecule has 1 N–H and O–H groups in total. The van der Waals surface area contributed by atoms with E-state index in [0.29, 0.717) is 13.1 Å². The summed E-state index contributed by atoms with van der Waals surface area (Å²) in [5.74, 6) is -0.711. The highest BCUT2D eigenvalue weighted by Gasteiger charge is 2.34. The lowest BCUT2D eigenvalue weighted by Crippen LogP contribution is -2.51. The second-order valence-electron chi connectivity index (χ2n) is 6.48. The Morgan fingerprint density at radius 2 is 1.70 bits per heavy atom. The van der Waals surface area contributed by atoms with Crippen LogP contribution in [0, 0.1) is 5.92 Å². The number of ether oxygens (including phenoxy) is 1. The first kappa shape index (κ1) is 17.4. The van der Waals surface area contributed by atoms with Gasteiger partial charge in [-0.1, -0.05) is 13.8 Å². The molecule has 6 nitrogen and oxygen atoms in total. The number of nitrogens with zero attached hydrogens (tertiary/aromatic N) is 1. The van der Waals surface area contributed by atoms with Gasteiger partial charge in [0.25, 0.3) is 10.2 Å². The van der Waals surface area contributed by atoms with Crippen molar-refractivity contribution in [2.45, 2.75) is 59.1 Å². The van der Waals surface area contributed by atoms with E-state index in [1.165, 1.54) is 4.31 Å². The molecule has 118 valence electrons. The van der Waals surface area contributed by atoms with E-state index in [9.17, 15) is 13.2 Å². The van der Waals surface area contributed by atoms with Crippen molar-refractivity contribution < 1.29 is 17.9 Å². The maximum absolute atomic E-state index is 12.2. The Labute approximate surface area is 122 Å². The van der Waals surface area contributed by atoms with Crippen LogP contribution >= 0.6 is 0 Å². The maximum atomic E-state index is 12.2. The summed E-state index contributed by atoms with van der Waals surface area (Å²) in [6, 6.07) is -0.861. The van der Waals surface area contributed by atoms with Crippen molar-refractivity contribution in [3.05, 3.63) is 0 Å². The molecule has 7 heteroatoms. The van der Waals surface area contributed by atoms with E-state index < -0.39 is 27.8 Å². The van der Waals surface area contributed by atoms with Gasteiger partial charge in [-0.3, -0.25) is 4.79 Å². The zero-order chi connectivity index (χ0) is 15.6. The summed E-state index contributed by atoms with van der Waals surface area (Å²) in [5.41, 5.74) is -0.636. The molecule has 1 aliphatic rings. The highest BCUT2D eigenvalue weighted by molar-refractivity contribution is 7.87. The smallest absolute Gasteiger partial charge is 0.325 e. The van der Waals surface area contributed by atoms with Crippen molar-refractivity contribution in [1.29, 1.82) is 0 Å². The van der Waals surface area contributed by atoms with Crippen LogP contribution in [0.2, 0.25) is 0 Å². The lowest BCUT2D eigenvalue weighted by atomic mass is 10.1. The third kappa shape index (κ3) is 5.03. The molecule has 1 heterocycles. The fourth-order valence-electron chi connectivity index (χ4n) is 1.99. The molecular formula is C13H26N2O4S. The number of esters is 1. The van der Waals surface area contributed by atoms with Crippen molar-refractivity contribution in [2.24, 2.45) is 5.92 Å². The van der Waals surface area contributed by atoms with Crippen LogP contribution < -0.4 is 4.72 Å². The van der Waals surface area contributed by atoms with E-state index in [1.807, 2.05) is 0 Å². The Morgan fingerprint density at radius 1 is 1.20 bits per heavy atom. The minimum Gasteiger partial charge on any atom is -0.459 e. The van der Waals surface area contributed by atoms with E-state index in [4.69, 9.17) is 4.74 Å². The first-order chi connectivity index (χ1) is 9.03. The fourth-order valence-corrected chi connectivity index (χ4v) is 3.56. The molecule has 0 aromatic rings. The van der Waals surface area contributed by atoms with Crippen LogP contribution in [0.5, 0.6) is 0 Å². The molecule has 1 saturated heterocycles. The Hall–Kier alpha value is -0.660. The van der Waals surface area contributed by atoms with Gasteiger partial charge in [0.05, 0.1) is 0 Å². The van der Waals surface area contributed by atoms with Crippen LogP contribution in [0.1, 0.15) is 47.5 Å². The van der Waals surface area contributed by atoms with E-state index >= 15 is 0 Å². The topological polar surface area (TPSA) is 75.7 Å². The van der Waals surface area contributed by atoms with E-state index in [1.54, 1.807) is 34.6 Å². The Bertz CT molecular complexity index is 434. The molecule has 0 amide bonds. The third-order valence-corrected chi connectivity index (χ3v) is 4.61. The summed E-state index contributed by atoms with van der Waals surface area (Å²) < 4.78 is 33.6. The number of nitrogens with one attached hydrogen (secondary N) is 1. The van der Waals surface area contributed by atoms with Gasteiger partial charge in [-0.15, -0.1) is 0 Å². The second kappa shape index (κ2) is 6.41. The van der Waals surface area contributed by atoms with Gasteiger partial charge in [0.2, 0.25) is 0 Å². The average molecular weight is 306 g/mol. The highest BCUT2D eigenvalue weighted by atomic mass is 32.2. The van der Waals surface area contributed by atoms with Gasteiger partial charge in [-0.05, 0) is 39.5 Å². The van der Waals surface area contributed by atoms with Crippen LogP contribution in [-0.2, 0) is 19.7 Å². The molecule has 0 unspecified atom stereocenters. The zero-order valence-corrected chi connectivity index (χ0v) is 13.8. The normalized spacial score (nSPS) is 19.3. The number of carbonyl (C=O) groups is 1. The fraction of sp³-hybridized carbons (Fsp3) is 0.923. The average Bonchev–Trinajstić information content (AvgIpc) is 2.76. The van der Waals surface area contributed by atoms with Gasteiger partial charge in [-0.25, -0.2) is 0 Å². The zero-order valence-electron chi connectivity index (χ0n) is 13.0. The van der Waals surface area contributed by atoms with Crippen LogP contribution in [0.15, 0.2) is 0 Å². The molecule has 0 aromatic heterocycles. The number of rotatable bonds is 5. The molecule has 1 rings (SSSR count). The van der Waals surface area contributed by atoms with E-state index in [0.717, 1.165) is 12.8 Å². The number of hydrogen-bond donors (Lipinski definition) is 1. The molecule has 20 heavy (non-hydrogen) atoms. The number of carbonyl (C=O) groups excluding carboxylic acids is 1. The minimum atomic E-state index is -3.62. The standard InChI is InChI=1S/C13H26N2O4S/c1-10(2)11(12(16)19-13(3,4)5)14-20(17,18)15-8-6-7-9-15/h10-11,14H,6-9H2,1-5H3/t11-/m0/s1. The Balaban J connectivity index is 2.79. The van der Waals surface area contributed by atoms with Crippen LogP contribution in [0.4, 0.5) is 0 Å². The molecule has 1 fully saturated rings. The molecule has 0 bridgehead atoms. The van der Waals surface area contributed by atoms with Crippen molar-refractivity contribution in [3.63, 3.8) is 0 Å². The van der Waals surface area contributed by atoms with Gasteiger partial charge in [-0.2, -0.15) is 17.4 Å². The lowest BCUT2D eigenvalue weighted by Gasteiger charge is -2.27. The molecule has 0 aliphatic carbocycles. The first-order valence-corrected chi connectivity index (χ1v) is 8.47. The lowest BCUT2D eigenvalue weighted by molar-refractivity contribution is -0.158. The summed E-state index contributed by atoms with van der Waals surface area (Å²) in [5, 5.41) is 0. The summed E-state index contributed by atoms with van der Waals surface area (Å²) >= 11 is 0. The molecule has 0 spiro atoms. The summed E-state index contributed by atoms with van der Waals surface area (Å²) in [4.78, 5) is 12.1. The first-order valence-electron chi connectivity index (χ1n) is 7.03. The molecule has 0 radical (unpaired) electrons. The van der Waals surface area contributed by atoms with Crippen LogP contribution in [0.25, 0.3) is 0 Å². The Kier molecular flexibility index (Phi) is 5.57. The van der Waals surface area contributed by atoms with Gasteiger partial charge in [0.1, 0.15) is 11.6 Å². The molecule has 1 atom stereocenters. The van der Waals surface area contributed by atoms with E-state index in [-0.39, 0.29) is 5.92 Å². The Morgan fingerprint density at radius 3 is 2.10 bits per heavy atom. The van der Waals surface area contributed by atoms with Gasteiger partial charge in [0.15, 0.2) is 0 Å². The predicted octanol–water partition coefficient (Wildman–Crippen LogP) is 1.28. The molecule has 1 aliphatic heterocycles. The summed E-state index contributed by atoms with van der Waals surface area (Å²) in [7, 11) is -3.62. The third-order valence-electron chi connectivity index (χ3n) is 3.01. The molecule has 0 saturated carbocycles. The van der Waals surface area contributed by atoms with Gasteiger partial charge in [0, 0.05) is 13.1 Å². The summed E-state index contributed by atoms with van der Waals surface area (Å²) in [6.45, 7) is 9.89. The SMILES string of the molecule is CC(C)[C@H](NS(=O)(=O)N1CCCC1)C(=O)OC(C)(C)C. The second-order valence-corrected chi connectivity index (χ2v) is 8.19. The molecular weight excluding hydrogens is 280 g/mol. The largest absolute Gasteiger partial charge is 0.459 e. The van der Waals surface area contributed by atoms with Gasteiger partial charge < -0.3 is 4.74 Å². The van der Waals surface area contributed by atoms with Crippen molar-refractivity contribution in [2.75, 3.05) is 13.1 Å². The van der Waals surface area contributed by atoms with Crippen LogP contribution in [-0.4, -0.2) is 43.4 Å². The monoisotopic (exact) mass is 306 g/mol. The van der Waals surface area contributed by atoms with Crippen molar-refractivity contribution in [1.82, 2.24) is 9.03 Å². The molecule has 0 aromatic carbocycles. The van der Waals surface area contributed by atoms with Crippen molar-refractivity contribution in [3.8, 4) is 0 Å². The highest BCUT2D eigenvalue weighted by Crippen LogP contribution is 2.16. The van der Waals surface area contributed by atoms with Crippen molar-refractivity contribution >= 4 is 16.2 Å². The minimum absolute atomic E-state index is 0.178. The predicted molar refractivity (Wildman–Crippen MR) is 77.3 cm³/mol. The maximum Gasteiger partial charge on any atom is 0.325 e.